The summed E-state index contributed by atoms with van der Waals surface area (Å²) in [4.78, 5) is 30.9. The summed E-state index contributed by atoms with van der Waals surface area (Å²) < 4.78 is 5.39. The maximum atomic E-state index is 12.7. The highest BCUT2D eigenvalue weighted by Gasteiger charge is 2.33. The third-order valence-corrected chi connectivity index (χ3v) is 7.05. The summed E-state index contributed by atoms with van der Waals surface area (Å²) in [5.74, 6) is -0.122. The largest absolute Gasteiger partial charge is 0.379 e. The molecule has 1 aromatic carbocycles. The molecular weight excluding hydrogens is 412 g/mol. The van der Waals surface area contributed by atoms with Crippen LogP contribution in [0.25, 0.3) is 0 Å². The molecule has 8 heteroatoms. The van der Waals surface area contributed by atoms with Crippen molar-refractivity contribution in [3.8, 4) is 0 Å². The summed E-state index contributed by atoms with van der Waals surface area (Å²) in [6.45, 7) is 10.9. The van der Waals surface area contributed by atoms with Gasteiger partial charge in [0.25, 0.3) is 11.8 Å². The molecule has 1 unspecified atom stereocenters. The number of hydrogen-bond acceptors (Lipinski definition) is 6. The fourth-order valence-electron chi connectivity index (χ4n) is 3.82. The third-order valence-electron chi connectivity index (χ3n) is 5.71. The van der Waals surface area contributed by atoms with Crippen LogP contribution in [0.15, 0.2) is 23.1 Å². The zero-order valence-electron chi connectivity index (χ0n) is 18.8. The Kier molecular flexibility index (Phi) is 9.64. The number of hydrogen-bond donors (Lipinski definition) is 2. The fraction of sp³-hybridized carbons (Fsp3) is 0.652. The van der Waals surface area contributed by atoms with Crippen LogP contribution in [0.2, 0.25) is 0 Å². The minimum absolute atomic E-state index is 0.0283. The molecule has 2 amide bonds. The average Bonchev–Trinajstić information content (AvgIpc) is 2.80. The Hall–Kier alpha value is -1.61. The summed E-state index contributed by atoms with van der Waals surface area (Å²) in [6.07, 6.45) is 4.73. The van der Waals surface area contributed by atoms with Crippen molar-refractivity contribution < 1.29 is 14.3 Å². The van der Waals surface area contributed by atoms with E-state index in [9.17, 15) is 9.59 Å². The van der Waals surface area contributed by atoms with E-state index in [4.69, 9.17) is 4.74 Å². The summed E-state index contributed by atoms with van der Waals surface area (Å²) >= 11 is 1.55. The van der Waals surface area contributed by atoms with Gasteiger partial charge in [0.1, 0.15) is 5.37 Å². The van der Waals surface area contributed by atoms with Gasteiger partial charge in [-0.3, -0.25) is 14.5 Å². The number of thioether (sulfide) groups is 1. The number of nitrogens with zero attached hydrogens (tertiary/aromatic N) is 2. The van der Waals surface area contributed by atoms with Crippen molar-refractivity contribution in [2.24, 2.45) is 0 Å². The molecule has 3 rings (SSSR count). The van der Waals surface area contributed by atoms with Gasteiger partial charge in [-0.2, -0.15) is 0 Å². The number of morpholine rings is 1. The molecule has 0 bridgehead atoms. The number of rotatable bonds is 11. The molecule has 31 heavy (non-hydrogen) atoms. The molecule has 0 spiro atoms. The van der Waals surface area contributed by atoms with Gasteiger partial charge in [-0.15, -0.1) is 0 Å². The Labute approximate surface area is 190 Å². The summed E-state index contributed by atoms with van der Waals surface area (Å²) in [7, 11) is 0. The van der Waals surface area contributed by atoms with E-state index in [2.05, 4.69) is 34.3 Å². The number of anilines is 1. The maximum Gasteiger partial charge on any atom is 0.252 e. The molecule has 1 aromatic rings. The maximum absolute atomic E-state index is 12.7. The SMILES string of the molecule is CCCCN(CCCC)CCNC(=O)c1ccc2c(c1)NC(=O)C(N1CCOCC1)S2. The van der Waals surface area contributed by atoms with E-state index in [1.807, 2.05) is 12.1 Å². The van der Waals surface area contributed by atoms with Crippen molar-refractivity contribution in [2.75, 3.05) is 57.8 Å². The van der Waals surface area contributed by atoms with Gasteiger partial charge in [0, 0.05) is 36.6 Å². The summed E-state index contributed by atoms with van der Waals surface area (Å²) in [5.41, 5.74) is 1.30. The summed E-state index contributed by atoms with van der Waals surface area (Å²) in [6, 6.07) is 5.58. The van der Waals surface area contributed by atoms with Gasteiger partial charge < -0.3 is 20.3 Å². The standard InChI is InChI=1S/C23H36N4O3S/c1-3-5-10-26(11-6-4-2)12-9-24-21(28)18-7-8-20-19(17-18)25-22(29)23(31-20)27-13-15-30-16-14-27/h7-8,17,23H,3-6,9-16H2,1-2H3,(H,24,28)(H,25,29). The second-order valence-electron chi connectivity index (χ2n) is 8.12. The van der Waals surface area contributed by atoms with Crippen LogP contribution < -0.4 is 10.6 Å². The van der Waals surface area contributed by atoms with Crippen LogP contribution in [0.3, 0.4) is 0 Å². The molecule has 1 atom stereocenters. The van der Waals surface area contributed by atoms with Crippen LogP contribution in [0, 0.1) is 0 Å². The molecule has 0 radical (unpaired) electrons. The quantitative estimate of drug-likeness (QED) is 0.542. The van der Waals surface area contributed by atoms with Crippen molar-refractivity contribution in [2.45, 2.75) is 49.8 Å². The van der Waals surface area contributed by atoms with Crippen molar-refractivity contribution in [1.29, 1.82) is 0 Å². The first-order chi connectivity index (χ1) is 15.1. The lowest BCUT2D eigenvalue weighted by atomic mass is 10.1. The minimum atomic E-state index is -0.242. The lowest BCUT2D eigenvalue weighted by Crippen LogP contribution is -2.48. The molecule has 0 aliphatic carbocycles. The van der Waals surface area contributed by atoms with Crippen molar-refractivity contribution in [1.82, 2.24) is 15.1 Å². The number of nitrogens with one attached hydrogen (secondary N) is 2. The predicted molar refractivity (Wildman–Crippen MR) is 126 cm³/mol. The van der Waals surface area contributed by atoms with Gasteiger partial charge in [0.15, 0.2) is 0 Å². The second kappa shape index (κ2) is 12.4. The molecule has 1 fully saturated rings. The number of ether oxygens (including phenoxy) is 1. The van der Waals surface area contributed by atoms with Crippen molar-refractivity contribution in [3.05, 3.63) is 23.8 Å². The van der Waals surface area contributed by atoms with E-state index in [0.717, 1.165) is 43.3 Å². The first-order valence-electron chi connectivity index (χ1n) is 11.6. The Morgan fingerprint density at radius 3 is 2.58 bits per heavy atom. The topological polar surface area (TPSA) is 73.9 Å². The van der Waals surface area contributed by atoms with E-state index in [1.54, 1.807) is 17.8 Å². The van der Waals surface area contributed by atoms with Crippen molar-refractivity contribution >= 4 is 29.3 Å². The van der Waals surface area contributed by atoms with Crippen LogP contribution >= 0.6 is 11.8 Å². The molecule has 172 valence electrons. The number of unbranched alkanes of at least 4 members (excludes halogenated alkanes) is 2. The molecule has 7 nitrogen and oxygen atoms in total. The van der Waals surface area contributed by atoms with Crippen LogP contribution in [0.5, 0.6) is 0 Å². The van der Waals surface area contributed by atoms with Crippen LogP contribution in [-0.4, -0.2) is 79.5 Å². The number of carbonyl (C=O) groups is 2. The van der Waals surface area contributed by atoms with Gasteiger partial charge in [-0.1, -0.05) is 38.5 Å². The van der Waals surface area contributed by atoms with Crippen LogP contribution in [0.1, 0.15) is 49.9 Å². The Balaban J connectivity index is 1.53. The Morgan fingerprint density at radius 1 is 1.19 bits per heavy atom. The van der Waals surface area contributed by atoms with E-state index in [-0.39, 0.29) is 17.2 Å². The molecule has 0 aromatic heterocycles. The van der Waals surface area contributed by atoms with E-state index >= 15 is 0 Å². The average molecular weight is 449 g/mol. The smallest absolute Gasteiger partial charge is 0.252 e. The van der Waals surface area contributed by atoms with E-state index in [0.29, 0.717) is 25.3 Å². The zero-order chi connectivity index (χ0) is 22.1. The van der Waals surface area contributed by atoms with Crippen LogP contribution in [-0.2, 0) is 9.53 Å². The lowest BCUT2D eigenvalue weighted by molar-refractivity contribution is -0.119. The molecule has 1 saturated heterocycles. The molecule has 2 N–H and O–H groups in total. The normalized spacial score (nSPS) is 19.2. The van der Waals surface area contributed by atoms with Gasteiger partial charge in [-0.05, 0) is 44.1 Å². The zero-order valence-corrected chi connectivity index (χ0v) is 19.6. The van der Waals surface area contributed by atoms with Gasteiger partial charge >= 0.3 is 0 Å². The van der Waals surface area contributed by atoms with Crippen LogP contribution in [0.4, 0.5) is 5.69 Å². The second-order valence-corrected chi connectivity index (χ2v) is 9.25. The van der Waals surface area contributed by atoms with Gasteiger partial charge in [-0.25, -0.2) is 0 Å². The Bertz CT molecular complexity index is 732. The van der Waals surface area contributed by atoms with Gasteiger partial charge in [0.2, 0.25) is 0 Å². The predicted octanol–water partition coefficient (Wildman–Crippen LogP) is 3.02. The first kappa shape index (κ1) is 24.0. The number of fused-ring (bicyclic) bond motifs is 1. The van der Waals surface area contributed by atoms with E-state index in [1.165, 1.54) is 25.7 Å². The first-order valence-corrected chi connectivity index (χ1v) is 12.4. The molecule has 2 heterocycles. The minimum Gasteiger partial charge on any atom is -0.379 e. The number of carbonyl (C=O) groups excluding carboxylic acids is 2. The Morgan fingerprint density at radius 2 is 1.90 bits per heavy atom. The monoisotopic (exact) mass is 448 g/mol. The third kappa shape index (κ3) is 6.94. The molecule has 0 saturated carbocycles. The highest BCUT2D eigenvalue weighted by molar-refractivity contribution is 8.00. The number of benzene rings is 1. The molecule has 2 aliphatic rings. The summed E-state index contributed by atoms with van der Waals surface area (Å²) in [5, 5.41) is 5.79. The number of amides is 2. The highest BCUT2D eigenvalue weighted by Crippen LogP contribution is 2.37. The molecular formula is C23H36N4O3S. The van der Waals surface area contributed by atoms with Crippen molar-refractivity contribution in [3.63, 3.8) is 0 Å². The highest BCUT2D eigenvalue weighted by atomic mass is 32.2. The lowest BCUT2D eigenvalue weighted by Gasteiger charge is -2.35. The van der Waals surface area contributed by atoms with E-state index < -0.39 is 0 Å². The molecule has 2 aliphatic heterocycles. The fourth-order valence-corrected chi connectivity index (χ4v) is 4.97. The van der Waals surface area contributed by atoms with Gasteiger partial charge in [0.05, 0.1) is 18.9 Å².